The van der Waals surface area contributed by atoms with Crippen LogP contribution in [0.3, 0.4) is 0 Å². The zero-order valence-corrected chi connectivity index (χ0v) is 15.7. The molecule has 0 unspecified atom stereocenters. The van der Waals surface area contributed by atoms with Crippen LogP contribution in [-0.2, 0) is 0 Å². The van der Waals surface area contributed by atoms with Crippen LogP contribution < -0.4 is 4.74 Å². The van der Waals surface area contributed by atoms with E-state index in [9.17, 15) is 8.78 Å². The van der Waals surface area contributed by atoms with Crippen molar-refractivity contribution in [3.05, 3.63) is 72.3 Å². The van der Waals surface area contributed by atoms with E-state index in [4.69, 9.17) is 9.15 Å². The van der Waals surface area contributed by atoms with Gasteiger partial charge in [0.1, 0.15) is 22.9 Å². The highest BCUT2D eigenvalue weighted by atomic mass is 19.1. The highest BCUT2D eigenvalue weighted by Gasteiger charge is 2.17. The molecule has 0 saturated heterocycles. The Morgan fingerprint density at radius 2 is 1.76 bits per heavy atom. The summed E-state index contributed by atoms with van der Waals surface area (Å²) in [5.74, 6) is 0.0779. The Hall–Kier alpha value is -3.21. The van der Waals surface area contributed by atoms with Gasteiger partial charge in [0, 0.05) is 17.2 Å². The van der Waals surface area contributed by atoms with E-state index in [2.05, 4.69) is 4.98 Å². The first-order valence-electron chi connectivity index (χ1n) is 9.79. The van der Waals surface area contributed by atoms with E-state index in [1.54, 1.807) is 18.2 Å². The molecule has 0 spiro atoms. The van der Waals surface area contributed by atoms with Crippen LogP contribution in [0, 0.1) is 11.6 Å². The van der Waals surface area contributed by atoms with E-state index < -0.39 is 11.6 Å². The first-order valence-corrected chi connectivity index (χ1v) is 9.79. The number of hydrogen-bond donors (Lipinski definition) is 0. The molecule has 0 N–H and O–H groups in total. The summed E-state index contributed by atoms with van der Waals surface area (Å²) in [6.45, 7) is 0. The predicted molar refractivity (Wildman–Crippen MR) is 108 cm³/mol. The van der Waals surface area contributed by atoms with E-state index in [1.165, 1.54) is 25.0 Å². The monoisotopic (exact) mass is 391 g/mol. The molecular weight excluding hydrogens is 372 g/mol. The maximum absolute atomic E-state index is 14.1. The van der Waals surface area contributed by atoms with Crippen molar-refractivity contribution in [3.63, 3.8) is 0 Å². The van der Waals surface area contributed by atoms with Gasteiger partial charge < -0.3 is 9.15 Å². The maximum atomic E-state index is 14.1. The average Bonchev–Trinajstić information content (AvgIpc) is 3.37. The predicted octanol–water partition coefficient (Wildman–Crippen LogP) is 6.76. The smallest absolute Gasteiger partial charge is 0.227 e. The van der Waals surface area contributed by atoms with Gasteiger partial charge in [-0.1, -0.05) is 12.1 Å². The average molecular weight is 391 g/mol. The fraction of sp³-hybridized carbons (Fsp3) is 0.208. The lowest BCUT2D eigenvalue weighted by atomic mass is 10.0. The molecule has 1 fully saturated rings. The third-order valence-electron chi connectivity index (χ3n) is 5.32. The number of halogens is 2. The number of ether oxygens (including phenoxy) is 1. The molecule has 1 heterocycles. The molecule has 1 aliphatic carbocycles. The summed E-state index contributed by atoms with van der Waals surface area (Å²) in [5.41, 5.74) is 2.97. The Morgan fingerprint density at radius 1 is 0.897 bits per heavy atom. The normalized spacial score (nSPS) is 14.6. The summed E-state index contributed by atoms with van der Waals surface area (Å²) >= 11 is 0. The van der Waals surface area contributed by atoms with Crippen molar-refractivity contribution in [1.82, 2.24) is 4.98 Å². The topological polar surface area (TPSA) is 35.3 Å². The molecule has 0 aliphatic heterocycles. The van der Waals surface area contributed by atoms with Gasteiger partial charge in [-0.3, -0.25) is 0 Å². The van der Waals surface area contributed by atoms with E-state index in [0.29, 0.717) is 28.1 Å². The molecule has 1 saturated carbocycles. The number of aromatic nitrogens is 1. The third-order valence-corrected chi connectivity index (χ3v) is 5.32. The van der Waals surface area contributed by atoms with E-state index in [-0.39, 0.29) is 6.10 Å². The summed E-state index contributed by atoms with van der Waals surface area (Å²) in [5, 5.41) is 0. The number of fused-ring (bicyclic) bond motifs is 1. The summed E-state index contributed by atoms with van der Waals surface area (Å²) in [4.78, 5) is 4.55. The molecule has 29 heavy (non-hydrogen) atoms. The van der Waals surface area contributed by atoms with Crippen LogP contribution in [0.2, 0.25) is 0 Å². The lowest BCUT2D eigenvalue weighted by Gasteiger charge is -2.13. The summed E-state index contributed by atoms with van der Waals surface area (Å²) < 4.78 is 39.3. The van der Waals surface area contributed by atoms with E-state index in [0.717, 1.165) is 30.2 Å². The SMILES string of the molecule is Fc1ccc(-c2ccc3nc(-c4cccc(OC5CCCC5)c4)oc3c2)c(F)c1. The van der Waals surface area contributed by atoms with Gasteiger partial charge in [-0.25, -0.2) is 13.8 Å². The summed E-state index contributed by atoms with van der Waals surface area (Å²) in [7, 11) is 0. The Labute approximate surface area is 167 Å². The molecule has 1 aliphatic rings. The molecule has 0 radical (unpaired) electrons. The third kappa shape index (κ3) is 3.60. The van der Waals surface area contributed by atoms with E-state index >= 15 is 0 Å². The van der Waals surface area contributed by atoms with Crippen molar-refractivity contribution in [2.45, 2.75) is 31.8 Å². The van der Waals surface area contributed by atoms with Gasteiger partial charge in [0.15, 0.2) is 5.58 Å². The molecule has 146 valence electrons. The minimum atomic E-state index is -0.610. The van der Waals surface area contributed by atoms with Crippen LogP contribution in [-0.4, -0.2) is 11.1 Å². The lowest BCUT2D eigenvalue weighted by Crippen LogP contribution is -2.10. The number of nitrogens with zero attached hydrogens (tertiary/aromatic N) is 1. The Bertz CT molecular complexity index is 1180. The first-order chi connectivity index (χ1) is 14.2. The second-order valence-electron chi connectivity index (χ2n) is 7.38. The largest absolute Gasteiger partial charge is 0.490 e. The van der Waals surface area contributed by atoms with Gasteiger partial charge in [-0.2, -0.15) is 0 Å². The lowest BCUT2D eigenvalue weighted by molar-refractivity contribution is 0.210. The minimum Gasteiger partial charge on any atom is -0.490 e. The van der Waals surface area contributed by atoms with Crippen LogP contribution in [0.1, 0.15) is 25.7 Å². The van der Waals surface area contributed by atoms with Gasteiger partial charge in [0.25, 0.3) is 0 Å². The van der Waals surface area contributed by atoms with Crippen LogP contribution in [0.25, 0.3) is 33.7 Å². The molecule has 0 amide bonds. The fourth-order valence-electron chi connectivity index (χ4n) is 3.84. The molecule has 5 rings (SSSR count). The second-order valence-corrected chi connectivity index (χ2v) is 7.38. The summed E-state index contributed by atoms with van der Waals surface area (Å²) in [6, 6.07) is 16.5. The molecule has 3 nitrogen and oxygen atoms in total. The quantitative estimate of drug-likeness (QED) is 0.385. The summed E-state index contributed by atoms with van der Waals surface area (Å²) in [6.07, 6.45) is 4.90. The Kier molecular flexibility index (Phi) is 4.51. The van der Waals surface area contributed by atoms with Crippen molar-refractivity contribution in [1.29, 1.82) is 0 Å². The van der Waals surface area contributed by atoms with Gasteiger partial charge >= 0.3 is 0 Å². The van der Waals surface area contributed by atoms with Crippen LogP contribution in [0.15, 0.2) is 65.1 Å². The standard InChI is InChI=1S/C24H19F2NO2/c25-17-9-10-20(21(26)14-17)15-8-11-22-23(13-15)29-24(27-22)16-4-3-7-19(12-16)28-18-5-1-2-6-18/h3-4,7-14,18H,1-2,5-6H2. The second kappa shape index (κ2) is 7.32. The number of benzene rings is 3. The van der Waals surface area contributed by atoms with Gasteiger partial charge in [0.05, 0.1) is 6.10 Å². The molecule has 1 aromatic heterocycles. The number of oxazole rings is 1. The van der Waals surface area contributed by atoms with Gasteiger partial charge in [0.2, 0.25) is 5.89 Å². The fourth-order valence-corrected chi connectivity index (χ4v) is 3.84. The zero-order chi connectivity index (χ0) is 19.8. The Balaban J connectivity index is 1.47. The highest BCUT2D eigenvalue weighted by Crippen LogP contribution is 2.32. The number of rotatable bonds is 4. The Morgan fingerprint density at radius 3 is 2.59 bits per heavy atom. The first kappa shape index (κ1) is 17.9. The van der Waals surface area contributed by atoms with Crippen LogP contribution >= 0.6 is 0 Å². The molecule has 0 bridgehead atoms. The molecule has 5 heteroatoms. The maximum Gasteiger partial charge on any atom is 0.227 e. The minimum absolute atomic E-state index is 0.280. The zero-order valence-electron chi connectivity index (χ0n) is 15.7. The van der Waals surface area contributed by atoms with Crippen molar-refractivity contribution in [3.8, 4) is 28.3 Å². The van der Waals surface area contributed by atoms with E-state index in [1.807, 2.05) is 24.3 Å². The molecular formula is C24H19F2NO2. The molecule has 4 aromatic rings. The molecule has 0 atom stereocenters. The van der Waals surface area contributed by atoms with Crippen LogP contribution in [0.5, 0.6) is 5.75 Å². The van der Waals surface area contributed by atoms with Crippen molar-refractivity contribution >= 4 is 11.1 Å². The van der Waals surface area contributed by atoms with Crippen molar-refractivity contribution in [2.24, 2.45) is 0 Å². The van der Waals surface area contributed by atoms with Gasteiger partial charge in [-0.05, 0) is 73.7 Å². The van der Waals surface area contributed by atoms with Crippen molar-refractivity contribution in [2.75, 3.05) is 0 Å². The number of hydrogen-bond acceptors (Lipinski definition) is 3. The van der Waals surface area contributed by atoms with Crippen molar-refractivity contribution < 1.29 is 17.9 Å². The van der Waals surface area contributed by atoms with Gasteiger partial charge in [-0.15, -0.1) is 0 Å². The molecule has 3 aromatic carbocycles. The van der Waals surface area contributed by atoms with Crippen LogP contribution in [0.4, 0.5) is 8.78 Å². The highest BCUT2D eigenvalue weighted by molar-refractivity contribution is 5.82.